The Labute approximate surface area is 174 Å². The van der Waals surface area contributed by atoms with Crippen molar-refractivity contribution in [2.75, 3.05) is 46.0 Å². The predicted octanol–water partition coefficient (Wildman–Crippen LogP) is 1.76. The van der Waals surface area contributed by atoms with Crippen LogP contribution in [0.3, 0.4) is 0 Å². The fourth-order valence-electron chi connectivity index (χ4n) is 3.78. The van der Waals surface area contributed by atoms with E-state index in [4.69, 9.17) is 14.5 Å². The maximum absolute atomic E-state index is 9.70. The molecule has 3 N–H and O–H groups in total. The van der Waals surface area contributed by atoms with Gasteiger partial charge in [-0.05, 0) is 38.7 Å². The molecule has 7 heteroatoms. The summed E-state index contributed by atoms with van der Waals surface area (Å²) < 4.78 is 11.5. The number of nitrogens with one attached hydrogen (secondary N) is 2. The molecule has 0 aromatic heterocycles. The van der Waals surface area contributed by atoms with E-state index in [1.807, 2.05) is 18.2 Å². The molecule has 3 rings (SSSR count). The Bertz CT molecular complexity index is 626. The summed E-state index contributed by atoms with van der Waals surface area (Å²) in [7, 11) is 0. The van der Waals surface area contributed by atoms with Gasteiger partial charge in [0, 0.05) is 37.8 Å². The number of hydrogen-bond acceptors (Lipinski definition) is 5. The summed E-state index contributed by atoms with van der Waals surface area (Å²) in [6, 6.07) is 8.51. The first-order valence-electron chi connectivity index (χ1n) is 11.0. The van der Waals surface area contributed by atoms with Gasteiger partial charge in [0.25, 0.3) is 0 Å². The van der Waals surface area contributed by atoms with Crippen LogP contribution in [0.5, 0.6) is 5.75 Å². The van der Waals surface area contributed by atoms with E-state index >= 15 is 0 Å². The average molecular weight is 405 g/mol. The van der Waals surface area contributed by atoms with E-state index < -0.39 is 0 Å². The second-order valence-electron chi connectivity index (χ2n) is 7.76. The molecule has 1 saturated heterocycles. The average Bonchev–Trinajstić information content (AvgIpc) is 2.75. The second-order valence-corrected chi connectivity index (χ2v) is 7.76. The van der Waals surface area contributed by atoms with Crippen LogP contribution in [-0.4, -0.2) is 74.1 Å². The van der Waals surface area contributed by atoms with Gasteiger partial charge in [-0.25, -0.2) is 4.99 Å². The number of para-hydroxylation sites is 1. The standard InChI is InChI=1S/C22H36N4O3/c1-2-23-22(25-19-7-9-20(27)10-8-19)24-17-18-5-3-4-6-21(18)29-16-13-26-11-14-28-15-12-26/h3-6,19-20,27H,2,7-17H2,1H3,(H2,23,24,25). The van der Waals surface area contributed by atoms with Crippen LogP contribution >= 0.6 is 0 Å². The molecule has 1 aliphatic carbocycles. The quantitative estimate of drug-likeness (QED) is 0.453. The summed E-state index contributed by atoms with van der Waals surface area (Å²) in [5.41, 5.74) is 1.09. The minimum absolute atomic E-state index is 0.144. The first-order chi connectivity index (χ1) is 14.2. The fraction of sp³-hybridized carbons (Fsp3) is 0.682. The van der Waals surface area contributed by atoms with Gasteiger partial charge < -0.3 is 25.2 Å². The third-order valence-corrected chi connectivity index (χ3v) is 5.53. The Morgan fingerprint density at radius 2 is 1.97 bits per heavy atom. The van der Waals surface area contributed by atoms with Crippen molar-refractivity contribution < 1.29 is 14.6 Å². The number of benzene rings is 1. The summed E-state index contributed by atoms with van der Waals surface area (Å²) in [4.78, 5) is 7.15. The molecule has 2 fully saturated rings. The van der Waals surface area contributed by atoms with Crippen molar-refractivity contribution in [3.8, 4) is 5.75 Å². The fourth-order valence-corrected chi connectivity index (χ4v) is 3.78. The number of morpholine rings is 1. The third kappa shape index (κ3) is 7.49. The summed E-state index contributed by atoms with van der Waals surface area (Å²) in [6.45, 7) is 8.62. The predicted molar refractivity (Wildman–Crippen MR) is 115 cm³/mol. The molecule has 1 saturated carbocycles. The maximum Gasteiger partial charge on any atom is 0.191 e. The van der Waals surface area contributed by atoms with Crippen LogP contribution in [0.1, 0.15) is 38.2 Å². The summed E-state index contributed by atoms with van der Waals surface area (Å²) >= 11 is 0. The smallest absolute Gasteiger partial charge is 0.191 e. The monoisotopic (exact) mass is 404 g/mol. The lowest BCUT2D eigenvalue weighted by Crippen LogP contribution is -2.45. The molecular weight excluding hydrogens is 368 g/mol. The van der Waals surface area contributed by atoms with Crippen LogP contribution in [0.25, 0.3) is 0 Å². The van der Waals surface area contributed by atoms with Crippen molar-refractivity contribution in [2.24, 2.45) is 4.99 Å². The van der Waals surface area contributed by atoms with Crippen LogP contribution in [-0.2, 0) is 11.3 Å². The van der Waals surface area contributed by atoms with Crippen molar-refractivity contribution in [3.05, 3.63) is 29.8 Å². The molecular formula is C22H36N4O3. The Morgan fingerprint density at radius 1 is 1.21 bits per heavy atom. The van der Waals surface area contributed by atoms with Crippen LogP contribution in [0, 0.1) is 0 Å². The third-order valence-electron chi connectivity index (χ3n) is 5.53. The highest BCUT2D eigenvalue weighted by Gasteiger charge is 2.20. The Morgan fingerprint density at radius 3 is 2.72 bits per heavy atom. The first kappa shape index (κ1) is 21.9. The minimum atomic E-state index is -0.144. The Hall–Kier alpha value is -1.83. The number of rotatable bonds is 8. The lowest BCUT2D eigenvalue weighted by molar-refractivity contribution is 0.0322. The van der Waals surface area contributed by atoms with Gasteiger partial charge >= 0.3 is 0 Å². The molecule has 1 aromatic carbocycles. The Balaban J connectivity index is 1.52. The molecule has 7 nitrogen and oxygen atoms in total. The van der Waals surface area contributed by atoms with E-state index in [0.29, 0.717) is 19.2 Å². The number of aliphatic hydroxyl groups is 1. The van der Waals surface area contributed by atoms with Gasteiger partial charge in [-0.3, -0.25) is 4.90 Å². The lowest BCUT2D eigenvalue weighted by atomic mass is 9.93. The SMILES string of the molecule is CCNC(=NCc1ccccc1OCCN1CCOCC1)NC1CCC(O)CC1. The number of aliphatic hydroxyl groups excluding tert-OH is 1. The molecule has 29 heavy (non-hydrogen) atoms. The molecule has 162 valence electrons. The van der Waals surface area contributed by atoms with Crippen molar-refractivity contribution >= 4 is 5.96 Å². The van der Waals surface area contributed by atoms with Gasteiger partial charge in [0.05, 0.1) is 25.9 Å². The van der Waals surface area contributed by atoms with E-state index in [2.05, 4.69) is 28.5 Å². The summed E-state index contributed by atoms with van der Waals surface area (Å²) in [5.74, 6) is 1.73. The number of nitrogens with zero attached hydrogens (tertiary/aromatic N) is 2. The molecule has 0 amide bonds. The lowest BCUT2D eigenvalue weighted by Gasteiger charge is -2.27. The van der Waals surface area contributed by atoms with Crippen LogP contribution in [0.15, 0.2) is 29.3 Å². The highest BCUT2D eigenvalue weighted by Crippen LogP contribution is 2.20. The van der Waals surface area contributed by atoms with E-state index in [1.165, 1.54) is 0 Å². The summed E-state index contributed by atoms with van der Waals surface area (Å²) in [6.07, 6.45) is 3.53. The van der Waals surface area contributed by atoms with Gasteiger partial charge in [0.2, 0.25) is 0 Å². The van der Waals surface area contributed by atoms with E-state index in [-0.39, 0.29) is 6.10 Å². The molecule has 0 bridgehead atoms. The molecule has 2 aliphatic rings. The van der Waals surface area contributed by atoms with Crippen molar-refractivity contribution in [1.29, 1.82) is 0 Å². The van der Waals surface area contributed by atoms with Crippen LogP contribution in [0.4, 0.5) is 0 Å². The van der Waals surface area contributed by atoms with Crippen molar-refractivity contribution in [2.45, 2.75) is 51.3 Å². The molecule has 0 atom stereocenters. The molecule has 0 unspecified atom stereocenters. The van der Waals surface area contributed by atoms with Gasteiger partial charge in [0.1, 0.15) is 12.4 Å². The number of hydrogen-bond donors (Lipinski definition) is 3. The number of aliphatic imine (C=N–C) groups is 1. The number of ether oxygens (including phenoxy) is 2. The van der Waals surface area contributed by atoms with E-state index in [1.54, 1.807) is 0 Å². The molecule has 1 aliphatic heterocycles. The maximum atomic E-state index is 9.70. The van der Waals surface area contributed by atoms with Gasteiger partial charge in [0.15, 0.2) is 5.96 Å². The molecule has 0 radical (unpaired) electrons. The topological polar surface area (TPSA) is 78.4 Å². The van der Waals surface area contributed by atoms with E-state index in [9.17, 15) is 5.11 Å². The zero-order valence-electron chi connectivity index (χ0n) is 17.6. The highest BCUT2D eigenvalue weighted by atomic mass is 16.5. The van der Waals surface area contributed by atoms with Gasteiger partial charge in [-0.2, -0.15) is 0 Å². The first-order valence-corrected chi connectivity index (χ1v) is 11.0. The number of guanidine groups is 1. The van der Waals surface area contributed by atoms with Crippen LogP contribution < -0.4 is 15.4 Å². The zero-order chi connectivity index (χ0) is 20.3. The normalized spacial score (nSPS) is 23.6. The summed E-state index contributed by atoms with van der Waals surface area (Å²) in [5, 5.41) is 16.6. The minimum Gasteiger partial charge on any atom is -0.492 e. The van der Waals surface area contributed by atoms with Gasteiger partial charge in [-0.1, -0.05) is 18.2 Å². The van der Waals surface area contributed by atoms with Crippen molar-refractivity contribution in [1.82, 2.24) is 15.5 Å². The highest BCUT2D eigenvalue weighted by molar-refractivity contribution is 5.80. The second kappa shape index (κ2) is 12.0. The largest absolute Gasteiger partial charge is 0.492 e. The van der Waals surface area contributed by atoms with Crippen molar-refractivity contribution in [3.63, 3.8) is 0 Å². The van der Waals surface area contributed by atoms with Crippen LogP contribution in [0.2, 0.25) is 0 Å². The molecule has 1 aromatic rings. The molecule has 0 spiro atoms. The molecule has 1 heterocycles. The van der Waals surface area contributed by atoms with Gasteiger partial charge in [-0.15, -0.1) is 0 Å². The zero-order valence-corrected chi connectivity index (χ0v) is 17.6. The van der Waals surface area contributed by atoms with E-state index in [0.717, 1.165) is 82.3 Å². The Kier molecular flexibility index (Phi) is 9.05.